The molecule has 2 atom stereocenters. The van der Waals surface area contributed by atoms with Crippen LogP contribution in [-0.4, -0.2) is 33.7 Å². The van der Waals surface area contributed by atoms with Gasteiger partial charge >= 0.3 is 0 Å². The first-order valence-electron chi connectivity index (χ1n) is 6.94. The molecule has 0 bridgehead atoms. The third kappa shape index (κ3) is 3.31. The van der Waals surface area contributed by atoms with E-state index >= 15 is 0 Å². The molecule has 102 valence electrons. The van der Waals surface area contributed by atoms with E-state index in [1.165, 1.54) is 17.8 Å². The zero-order valence-corrected chi connectivity index (χ0v) is 12.4. The maximum atomic E-state index is 9.86. The predicted molar refractivity (Wildman–Crippen MR) is 75.9 cm³/mol. The maximum Gasteiger partial charge on any atom is 0.0954 e. The topological polar surface area (TPSA) is 36.4 Å². The first-order valence-corrected chi connectivity index (χ1v) is 7.82. The van der Waals surface area contributed by atoms with E-state index < -0.39 is 0 Å². The second-order valence-corrected chi connectivity index (χ2v) is 6.50. The molecule has 2 heterocycles. The number of aliphatic hydroxyl groups excluding tert-OH is 1. The summed E-state index contributed by atoms with van der Waals surface area (Å²) in [6.07, 6.45) is 3.34. The van der Waals surface area contributed by atoms with Crippen LogP contribution < -0.4 is 0 Å². The molecule has 4 heteroatoms. The second-order valence-electron chi connectivity index (χ2n) is 5.61. The summed E-state index contributed by atoms with van der Waals surface area (Å²) in [5.74, 6) is 0.512. The van der Waals surface area contributed by atoms with Crippen LogP contribution in [0, 0.1) is 0 Å². The lowest BCUT2D eigenvalue weighted by molar-refractivity contribution is 0.0310. The quantitative estimate of drug-likeness (QED) is 0.912. The number of hydrogen-bond acceptors (Lipinski definition) is 4. The molecule has 0 aliphatic carbocycles. The third-order valence-electron chi connectivity index (χ3n) is 3.65. The van der Waals surface area contributed by atoms with E-state index in [9.17, 15) is 5.11 Å². The van der Waals surface area contributed by atoms with Gasteiger partial charge in [0.25, 0.3) is 0 Å². The normalized spacial score (nSPS) is 23.5. The van der Waals surface area contributed by atoms with Crippen molar-refractivity contribution >= 4 is 11.3 Å². The van der Waals surface area contributed by atoms with Gasteiger partial charge < -0.3 is 5.11 Å². The molecule has 3 nitrogen and oxygen atoms in total. The Morgan fingerprint density at radius 3 is 2.83 bits per heavy atom. The number of aromatic nitrogens is 1. The molecule has 0 amide bonds. The molecule has 0 saturated carbocycles. The molecular weight excluding hydrogens is 244 g/mol. The summed E-state index contributed by atoms with van der Waals surface area (Å²) in [6, 6.07) is 0.308. The second kappa shape index (κ2) is 6.13. The summed E-state index contributed by atoms with van der Waals surface area (Å²) < 4.78 is 0. The lowest BCUT2D eigenvalue weighted by atomic mass is 9.98. The van der Waals surface area contributed by atoms with Gasteiger partial charge in [0.15, 0.2) is 0 Å². The molecule has 0 radical (unpaired) electrons. The van der Waals surface area contributed by atoms with Crippen LogP contribution in [0.2, 0.25) is 0 Å². The van der Waals surface area contributed by atoms with Crippen LogP contribution >= 0.6 is 11.3 Å². The molecule has 2 unspecified atom stereocenters. The summed E-state index contributed by atoms with van der Waals surface area (Å²) >= 11 is 1.76. The van der Waals surface area contributed by atoms with Crippen molar-refractivity contribution in [3.05, 3.63) is 16.1 Å². The van der Waals surface area contributed by atoms with E-state index in [4.69, 9.17) is 4.98 Å². The molecule has 1 N–H and O–H groups in total. The Kier molecular flexibility index (Phi) is 4.76. The Bertz CT molecular complexity index is 376. The number of likely N-dealkylation sites (tertiary alicyclic amines) is 1. The smallest absolute Gasteiger partial charge is 0.0954 e. The highest BCUT2D eigenvalue weighted by atomic mass is 32.1. The SMILES string of the molecule is CC(C)c1nc(CN2CCCCC2C(C)O)cs1. The Morgan fingerprint density at radius 1 is 1.44 bits per heavy atom. The highest BCUT2D eigenvalue weighted by Crippen LogP contribution is 2.24. The van der Waals surface area contributed by atoms with Crippen molar-refractivity contribution in [2.24, 2.45) is 0 Å². The van der Waals surface area contributed by atoms with Crippen molar-refractivity contribution < 1.29 is 5.11 Å². The van der Waals surface area contributed by atoms with Gasteiger partial charge in [-0.15, -0.1) is 11.3 Å². The number of piperidine rings is 1. The minimum atomic E-state index is -0.242. The Balaban J connectivity index is 2.01. The minimum Gasteiger partial charge on any atom is -0.392 e. The van der Waals surface area contributed by atoms with Gasteiger partial charge in [-0.3, -0.25) is 4.90 Å². The Labute approximate surface area is 114 Å². The first-order chi connectivity index (χ1) is 8.58. The number of nitrogens with zero attached hydrogens (tertiary/aromatic N) is 2. The molecule has 0 spiro atoms. The van der Waals surface area contributed by atoms with Crippen LogP contribution in [0.1, 0.15) is 56.7 Å². The summed E-state index contributed by atoms with van der Waals surface area (Å²) in [5, 5.41) is 13.2. The van der Waals surface area contributed by atoms with E-state index in [2.05, 4.69) is 24.1 Å². The highest BCUT2D eigenvalue weighted by Gasteiger charge is 2.26. The fraction of sp³-hybridized carbons (Fsp3) is 0.786. The average Bonchev–Trinajstić information content (AvgIpc) is 2.78. The van der Waals surface area contributed by atoms with E-state index in [1.54, 1.807) is 11.3 Å². The van der Waals surface area contributed by atoms with E-state index in [1.807, 2.05) is 6.92 Å². The van der Waals surface area contributed by atoms with Crippen molar-refractivity contribution in [3.63, 3.8) is 0 Å². The fourth-order valence-corrected chi connectivity index (χ4v) is 3.45. The zero-order chi connectivity index (χ0) is 13.1. The van der Waals surface area contributed by atoms with Gasteiger partial charge in [-0.1, -0.05) is 20.3 Å². The average molecular weight is 268 g/mol. The standard InChI is InChI=1S/C14H24N2OS/c1-10(2)14-15-12(9-18-14)8-16-7-5-4-6-13(16)11(3)17/h9-11,13,17H,4-8H2,1-3H3. The Hall–Kier alpha value is -0.450. The van der Waals surface area contributed by atoms with E-state index in [0.29, 0.717) is 12.0 Å². The van der Waals surface area contributed by atoms with Gasteiger partial charge in [-0.05, 0) is 26.3 Å². The molecule has 0 aromatic carbocycles. The summed E-state index contributed by atoms with van der Waals surface area (Å²) in [6.45, 7) is 8.25. The number of hydrogen-bond donors (Lipinski definition) is 1. The fourth-order valence-electron chi connectivity index (χ4n) is 2.63. The van der Waals surface area contributed by atoms with Gasteiger partial charge in [0.1, 0.15) is 0 Å². The molecule has 1 aliphatic heterocycles. The number of thiazole rings is 1. The molecule has 2 rings (SSSR count). The lowest BCUT2D eigenvalue weighted by Gasteiger charge is -2.37. The molecular formula is C14H24N2OS. The van der Waals surface area contributed by atoms with Crippen LogP contribution in [0.5, 0.6) is 0 Å². The van der Waals surface area contributed by atoms with Crippen LogP contribution in [0.25, 0.3) is 0 Å². The zero-order valence-electron chi connectivity index (χ0n) is 11.6. The van der Waals surface area contributed by atoms with Crippen molar-refractivity contribution in [1.29, 1.82) is 0 Å². The van der Waals surface area contributed by atoms with Crippen molar-refractivity contribution in [2.45, 2.75) is 64.6 Å². The van der Waals surface area contributed by atoms with Gasteiger partial charge in [-0.25, -0.2) is 4.98 Å². The molecule has 1 fully saturated rings. The first kappa shape index (κ1) is 14.0. The van der Waals surface area contributed by atoms with Crippen molar-refractivity contribution in [2.75, 3.05) is 6.54 Å². The van der Waals surface area contributed by atoms with Gasteiger partial charge in [0, 0.05) is 23.9 Å². The summed E-state index contributed by atoms with van der Waals surface area (Å²) in [7, 11) is 0. The number of rotatable bonds is 4. The van der Waals surface area contributed by atoms with Crippen LogP contribution in [-0.2, 0) is 6.54 Å². The molecule has 1 saturated heterocycles. The van der Waals surface area contributed by atoms with E-state index in [-0.39, 0.29) is 6.10 Å². The lowest BCUT2D eigenvalue weighted by Crippen LogP contribution is -2.45. The third-order valence-corrected chi connectivity index (χ3v) is 4.84. The van der Waals surface area contributed by atoms with Gasteiger partial charge in [0.05, 0.1) is 16.8 Å². The summed E-state index contributed by atoms with van der Waals surface area (Å²) in [5.41, 5.74) is 1.16. The van der Waals surface area contributed by atoms with E-state index in [0.717, 1.165) is 25.2 Å². The van der Waals surface area contributed by atoms with Crippen molar-refractivity contribution in [1.82, 2.24) is 9.88 Å². The Morgan fingerprint density at radius 2 is 2.22 bits per heavy atom. The van der Waals surface area contributed by atoms with Crippen LogP contribution in [0.4, 0.5) is 0 Å². The largest absolute Gasteiger partial charge is 0.392 e. The van der Waals surface area contributed by atoms with Crippen LogP contribution in [0.15, 0.2) is 5.38 Å². The highest BCUT2D eigenvalue weighted by molar-refractivity contribution is 7.09. The minimum absolute atomic E-state index is 0.242. The van der Waals surface area contributed by atoms with Crippen molar-refractivity contribution in [3.8, 4) is 0 Å². The summed E-state index contributed by atoms with van der Waals surface area (Å²) in [4.78, 5) is 7.09. The maximum absolute atomic E-state index is 9.86. The molecule has 1 aromatic heterocycles. The van der Waals surface area contributed by atoms with Gasteiger partial charge in [0.2, 0.25) is 0 Å². The molecule has 18 heavy (non-hydrogen) atoms. The van der Waals surface area contributed by atoms with Gasteiger partial charge in [-0.2, -0.15) is 0 Å². The number of aliphatic hydroxyl groups is 1. The monoisotopic (exact) mass is 268 g/mol. The molecule has 1 aromatic rings. The van der Waals surface area contributed by atoms with Crippen LogP contribution in [0.3, 0.4) is 0 Å². The molecule has 1 aliphatic rings. The predicted octanol–water partition coefficient (Wildman–Crippen LogP) is 3.00.